The molecule has 0 bridgehead atoms. The lowest BCUT2D eigenvalue weighted by molar-refractivity contribution is -0.139. The molecule has 27 heavy (non-hydrogen) atoms. The van der Waals surface area contributed by atoms with Crippen molar-refractivity contribution in [2.24, 2.45) is 0 Å². The van der Waals surface area contributed by atoms with Crippen LogP contribution in [0.25, 0.3) is 0 Å². The fraction of sp³-hybridized carbons (Fsp3) is 0.556. The summed E-state index contributed by atoms with van der Waals surface area (Å²) in [5.41, 5.74) is 0.646. The summed E-state index contributed by atoms with van der Waals surface area (Å²) in [4.78, 5) is 29.1. The number of methoxy groups -OCH3 is 1. The molecule has 0 aromatic heterocycles. The van der Waals surface area contributed by atoms with Gasteiger partial charge in [0.1, 0.15) is 11.8 Å². The average Bonchev–Trinajstić information content (AvgIpc) is 3.04. The largest absolute Gasteiger partial charge is 0.496 e. The Balaban J connectivity index is 1.89. The van der Waals surface area contributed by atoms with Gasteiger partial charge in [0.2, 0.25) is 11.8 Å². The summed E-state index contributed by atoms with van der Waals surface area (Å²) in [6, 6.07) is 3.47. The van der Waals surface area contributed by atoms with Crippen molar-refractivity contribution in [3.05, 3.63) is 23.8 Å². The minimum Gasteiger partial charge on any atom is -0.496 e. The average molecular weight is 395 g/mol. The highest BCUT2D eigenvalue weighted by Crippen LogP contribution is 2.30. The standard InChI is InChI=1S/C18H25N3O5S/c1-13-12-14(4-6-16(13)26-3)27(24,25)21-15(5-7-17(21)22)18(23)20-10-8-19(2)9-11-20/h4,6,12,15H,5,7-11H2,1-3H3/t15-/m0/s1. The number of nitrogens with zero attached hydrogens (tertiary/aromatic N) is 3. The summed E-state index contributed by atoms with van der Waals surface area (Å²) >= 11 is 0. The molecule has 3 rings (SSSR count). The fourth-order valence-corrected chi connectivity index (χ4v) is 5.23. The molecule has 148 valence electrons. The van der Waals surface area contributed by atoms with E-state index in [1.807, 2.05) is 7.05 Å². The highest BCUT2D eigenvalue weighted by molar-refractivity contribution is 7.89. The third-order valence-electron chi connectivity index (χ3n) is 5.18. The van der Waals surface area contributed by atoms with E-state index in [1.54, 1.807) is 17.9 Å². The molecule has 0 spiro atoms. The Hall–Kier alpha value is -2.13. The molecule has 1 aromatic carbocycles. The van der Waals surface area contributed by atoms with Crippen LogP contribution in [0.1, 0.15) is 18.4 Å². The molecule has 2 aliphatic rings. The number of rotatable bonds is 4. The second kappa shape index (κ2) is 7.47. The van der Waals surface area contributed by atoms with Crippen molar-refractivity contribution in [3.63, 3.8) is 0 Å². The van der Waals surface area contributed by atoms with E-state index in [1.165, 1.54) is 19.2 Å². The van der Waals surface area contributed by atoms with E-state index in [4.69, 9.17) is 4.74 Å². The van der Waals surface area contributed by atoms with Gasteiger partial charge in [0, 0.05) is 32.6 Å². The molecular formula is C18H25N3O5S. The second-order valence-electron chi connectivity index (χ2n) is 7.01. The maximum Gasteiger partial charge on any atom is 0.267 e. The van der Waals surface area contributed by atoms with Gasteiger partial charge in [-0.3, -0.25) is 9.59 Å². The van der Waals surface area contributed by atoms with Crippen molar-refractivity contribution in [1.82, 2.24) is 14.1 Å². The number of sulfonamides is 1. The zero-order valence-corrected chi connectivity index (χ0v) is 16.7. The summed E-state index contributed by atoms with van der Waals surface area (Å²) < 4.78 is 32.2. The van der Waals surface area contributed by atoms with Gasteiger partial charge in [-0.05, 0) is 44.2 Å². The van der Waals surface area contributed by atoms with Crippen LogP contribution in [0.3, 0.4) is 0 Å². The number of likely N-dealkylation sites (N-methyl/N-ethyl adjacent to an activating group) is 1. The van der Waals surface area contributed by atoms with Gasteiger partial charge in [-0.25, -0.2) is 12.7 Å². The Kier molecular flexibility index (Phi) is 5.43. The van der Waals surface area contributed by atoms with Gasteiger partial charge in [-0.15, -0.1) is 0 Å². The third-order valence-corrected chi connectivity index (χ3v) is 7.01. The van der Waals surface area contributed by atoms with Crippen molar-refractivity contribution < 1.29 is 22.7 Å². The molecule has 0 aliphatic carbocycles. The lowest BCUT2D eigenvalue weighted by Gasteiger charge is -2.35. The first-order valence-corrected chi connectivity index (χ1v) is 10.4. The van der Waals surface area contributed by atoms with Crippen molar-refractivity contribution in [1.29, 1.82) is 0 Å². The Morgan fingerprint density at radius 1 is 1.19 bits per heavy atom. The van der Waals surface area contributed by atoms with E-state index < -0.39 is 22.0 Å². The minimum absolute atomic E-state index is 0.00720. The van der Waals surface area contributed by atoms with Crippen LogP contribution in [0.15, 0.2) is 23.1 Å². The Morgan fingerprint density at radius 2 is 1.85 bits per heavy atom. The molecular weight excluding hydrogens is 370 g/mol. The lowest BCUT2D eigenvalue weighted by Crippen LogP contribution is -2.54. The van der Waals surface area contributed by atoms with Gasteiger partial charge in [0.25, 0.3) is 10.0 Å². The maximum absolute atomic E-state index is 13.1. The number of ether oxygens (including phenoxy) is 1. The lowest BCUT2D eigenvalue weighted by atomic mass is 10.2. The van der Waals surface area contributed by atoms with Gasteiger partial charge in [-0.2, -0.15) is 0 Å². The highest BCUT2D eigenvalue weighted by atomic mass is 32.2. The van der Waals surface area contributed by atoms with Gasteiger partial charge >= 0.3 is 0 Å². The molecule has 2 aliphatic heterocycles. The summed E-state index contributed by atoms with van der Waals surface area (Å²) in [5, 5.41) is 0. The second-order valence-corrected chi connectivity index (χ2v) is 8.82. The number of benzene rings is 1. The quantitative estimate of drug-likeness (QED) is 0.736. The number of carbonyl (C=O) groups is 2. The van der Waals surface area contributed by atoms with Crippen molar-refractivity contribution >= 4 is 21.8 Å². The van der Waals surface area contributed by atoms with E-state index in [9.17, 15) is 18.0 Å². The Morgan fingerprint density at radius 3 is 2.44 bits per heavy atom. The van der Waals surface area contributed by atoms with Gasteiger partial charge in [-0.1, -0.05) is 0 Å². The van der Waals surface area contributed by atoms with Crippen LogP contribution in [0.4, 0.5) is 0 Å². The van der Waals surface area contributed by atoms with E-state index in [0.717, 1.165) is 17.4 Å². The molecule has 0 unspecified atom stereocenters. The van der Waals surface area contributed by atoms with Crippen LogP contribution >= 0.6 is 0 Å². The Bertz CT molecular complexity index is 847. The number of carbonyl (C=O) groups excluding carboxylic acids is 2. The van der Waals surface area contributed by atoms with Crippen molar-refractivity contribution in [2.45, 2.75) is 30.7 Å². The zero-order chi connectivity index (χ0) is 19.8. The number of aryl methyl sites for hydroxylation is 1. The summed E-state index contributed by atoms with van der Waals surface area (Å²) in [6.07, 6.45) is 0.275. The summed E-state index contributed by atoms with van der Waals surface area (Å²) in [5.74, 6) is -0.259. The maximum atomic E-state index is 13.1. The van der Waals surface area contributed by atoms with E-state index in [-0.39, 0.29) is 23.6 Å². The topological polar surface area (TPSA) is 87.2 Å². The molecule has 1 aromatic rings. The first-order valence-electron chi connectivity index (χ1n) is 8.95. The summed E-state index contributed by atoms with van der Waals surface area (Å²) in [6.45, 7) is 4.27. The van der Waals surface area contributed by atoms with Crippen molar-refractivity contribution in [3.8, 4) is 5.75 Å². The normalized spacial score (nSPS) is 21.6. The fourth-order valence-electron chi connectivity index (χ4n) is 3.55. The zero-order valence-electron chi connectivity index (χ0n) is 15.8. The molecule has 2 amide bonds. The molecule has 8 nitrogen and oxygen atoms in total. The van der Waals surface area contributed by atoms with Gasteiger partial charge in [0.15, 0.2) is 0 Å². The molecule has 0 N–H and O–H groups in total. The highest BCUT2D eigenvalue weighted by Gasteiger charge is 2.45. The molecule has 0 saturated carbocycles. The number of piperazine rings is 1. The minimum atomic E-state index is -4.11. The van der Waals surface area contributed by atoms with E-state index >= 15 is 0 Å². The van der Waals surface area contributed by atoms with Crippen LogP contribution in [0.2, 0.25) is 0 Å². The molecule has 1 atom stereocenters. The first kappa shape index (κ1) is 19.6. The first-order chi connectivity index (χ1) is 12.8. The van der Waals surface area contributed by atoms with E-state index in [0.29, 0.717) is 24.4 Å². The third kappa shape index (κ3) is 3.66. The molecule has 2 heterocycles. The van der Waals surface area contributed by atoms with Crippen LogP contribution in [-0.2, 0) is 19.6 Å². The Labute approximate surface area is 159 Å². The predicted molar refractivity (Wildman–Crippen MR) is 98.9 cm³/mol. The number of hydrogen-bond donors (Lipinski definition) is 0. The van der Waals surface area contributed by atoms with Crippen molar-refractivity contribution in [2.75, 3.05) is 40.3 Å². The predicted octanol–water partition coefficient (Wildman–Crippen LogP) is 0.457. The molecule has 2 fully saturated rings. The van der Waals surface area contributed by atoms with Crippen LogP contribution < -0.4 is 4.74 Å². The summed E-state index contributed by atoms with van der Waals surface area (Å²) in [7, 11) is -0.628. The van der Waals surface area contributed by atoms with Crippen LogP contribution in [-0.4, -0.2) is 80.7 Å². The van der Waals surface area contributed by atoms with Crippen LogP contribution in [0.5, 0.6) is 5.75 Å². The molecule has 2 saturated heterocycles. The van der Waals surface area contributed by atoms with Gasteiger partial charge < -0.3 is 14.5 Å². The van der Waals surface area contributed by atoms with E-state index in [2.05, 4.69) is 4.90 Å². The van der Waals surface area contributed by atoms with Gasteiger partial charge in [0.05, 0.1) is 12.0 Å². The van der Waals surface area contributed by atoms with Crippen LogP contribution in [0, 0.1) is 6.92 Å². The monoisotopic (exact) mass is 395 g/mol. The SMILES string of the molecule is COc1ccc(S(=O)(=O)N2C(=O)CC[C@H]2C(=O)N2CCN(C)CC2)cc1C. The molecule has 9 heteroatoms. The molecule has 0 radical (unpaired) electrons. The number of amides is 2. The smallest absolute Gasteiger partial charge is 0.267 e. The number of hydrogen-bond acceptors (Lipinski definition) is 6.